The van der Waals surface area contributed by atoms with Crippen LogP contribution in [0.5, 0.6) is 0 Å². The first-order valence-corrected chi connectivity index (χ1v) is 10.3. The quantitative estimate of drug-likeness (QED) is 0.707. The van der Waals surface area contributed by atoms with E-state index >= 15 is 0 Å². The Morgan fingerprint density at radius 3 is 1.79 bits per heavy atom. The van der Waals surface area contributed by atoms with Crippen molar-refractivity contribution in [1.29, 1.82) is 0 Å². The first-order chi connectivity index (χ1) is 13.6. The third kappa shape index (κ3) is 2.36. The summed E-state index contributed by atoms with van der Waals surface area (Å²) >= 11 is 0. The Hall–Kier alpha value is -2.69. The Morgan fingerprint density at radius 2 is 1.24 bits per heavy atom. The molecule has 150 valence electrons. The molecule has 0 atom stereocenters. The van der Waals surface area contributed by atoms with Gasteiger partial charge in [-0.25, -0.2) is 0 Å². The van der Waals surface area contributed by atoms with Gasteiger partial charge >= 0.3 is 0 Å². The number of Topliss-reactive ketones (excluding diaryl/α,β-unsaturated/α-hetero) is 2. The number of carbonyl (C=O) groups is 3. The average molecular weight is 390 g/mol. The maximum Gasteiger partial charge on any atom is 0.244 e. The number of hydrogen-bond donors (Lipinski definition) is 2. The topological polar surface area (TPSA) is 75.3 Å². The number of hydrogen-bond acceptors (Lipinski definition) is 4. The lowest BCUT2D eigenvalue weighted by molar-refractivity contribution is -0.126. The van der Waals surface area contributed by atoms with E-state index in [0.29, 0.717) is 42.5 Å². The highest BCUT2D eigenvalue weighted by atomic mass is 16.2. The number of dihydropyridines is 1. The highest BCUT2D eigenvalue weighted by Gasteiger charge is 2.62. The molecule has 2 aliphatic heterocycles. The van der Waals surface area contributed by atoms with Gasteiger partial charge in [-0.1, -0.05) is 45.9 Å². The van der Waals surface area contributed by atoms with E-state index in [4.69, 9.17) is 0 Å². The Bertz CT molecular complexity index is 1020. The van der Waals surface area contributed by atoms with Gasteiger partial charge in [0.25, 0.3) is 0 Å². The van der Waals surface area contributed by atoms with Crippen molar-refractivity contribution >= 4 is 23.2 Å². The van der Waals surface area contributed by atoms with E-state index in [1.807, 2.05) is 24.3 Å². The molecule has 1 amide bonds. The third-order valence-electron chi connectivity index (χ3n) is 6.72. The maximum atomic E-state index is 13.6. The number of rotatable bonds is 0. The van der Waals surface area contributed by atoms with Gasteiger partial charge in [0.1, 0.15) is 5.41 Å². The standard InChI is InChI=1S/C24H26N2O3/c1-22(2)9-15-19(17(27)11-22)24(13-7-5-6-8-14(13)26-21(24)29)20-16(25-15)10-23(3,4)12-18(20)28/h5-8,25H,9-12H2,1-4H3,(H,26,29). The zero-order valence-corrected chi connectivity index (χ0v) is 17.4. The largest absolute Gasteiger partial charge is 0.361 e. The maximum absolute atomic E-state index is 13.6. The molecule has 5 heteroatoms. The van der Waals surface area contributed by atoms with Gasteiger partial charge in [0, 0.05) is 46.6 Å². The average Bonchev–Trinajstić information content (AvgIpc) is 2.84. The van der Waals surface area contributed by atoms with Crippen molar-refractivity contribution in [3.63, 3.8) is 0 Å². The summed E-state index contributed by atoms with van der Waals surface area (Å²) in [7, 11) is 0. The highest BCUT2D eigenvalue weighted by Crippen LogP contribution is 2.57. The Morgan fingerprint density at radius 1 is 0.724 bits per heavy atom. The summed E-state index contributed by atoms with van der Waals surface area (Å²) < 4.78 is 0. The van der Waals surface area contributed by atoms with Gasteiger partial charge in [-0.2, -0.15) is 0 Å². The summed E-state index contributed by atoms with van der Waals surface area (Å²) in [5, 5.41) is 6.44. The first-order valence-electron chi connectivity index (χ1n) is 10.3. The van der Waals surface area contributed by atoms with E-state index in [1.165, 1.54) is 0 Å². The molecule has 2 aliphatic carbocycles. The van der Waals surface area contributed by atoms with Gasteiger partial charge < -0.3 is 10.6 Å². The van der Waals surface area contributed by atoms with Crippen molar-refractivity contribution < 1.29 is 14.4 Å². The molecule has 1 spiro atoms. The molecule has 29 heavy (non-hydrogen) atoms. The molecule has 0 unspecified atom stereocenters. The van der Waals surface area contributed by atoms with E-state index in [2.05, 4.69) is 38.3 Å². The molecule has 0 aromatic heterocycles. The monoisotopic (exact) mass is 390 g/mol. The lowest BCUT2D eigenvalue weighted by Crippen LogP contribution is -2.53. The number of anilines is 1. The van der Waals surface area contributed by atoms with E-state index in [1.54, 1.807) is 0 Å². The summed E-state index contributed by atoms with van der Waals surface area (Å²) in [4.78, 5) is 40.5. The molecule has 2 heterocycles. The molecule has 5 nitrogen and oxygen atoms in total. The van der Waals surface area contributed by atoms with Crippen molar-refractivity contribution in [2.75, 3.05) is 5.32 Å². The normalized spacial score (nSPS) is 26.0. The second kappa shape index (κ2) is 5.47. The first kappa shape index (κ1) is 18.3. The van der Waals surface area contributed by atoms with Gasteiger partial charge in [-0.3, -0.25) is 14.4 Å². The number of benzene rings is 1. The van der Waals surface area contributed by atoms with Gasteiger partial charge in [0.2, 0.25) is 5.91 Å². The van der Waals surface area contributed by atoms with Crippen LogP contribution in [-0.4, -0.2) is 17.5 Å². The fourth-order valence-corrected chi connectivity index (χ4v) is 5.79. The summed E-state index contributed by atoms with van der Waals surface area (Å²) in [5.41, 5.74) is 2.28. The zero-order chi connectivity index (χ0) is 20.8. The second-order valence-electron chi connectivity index (χ2n) is 10.5. The minimum Gasteiger partial charge on any atom is -0.361 e. The number of amides is 1. The molecule has 0 radical (unpaired) electrons. The summed E-state index contributed by atoms with van der Waals surface area (Å²) in [6.07, 6.45) is 2.09. The lowest BCUT2D eigenvalue weighted by atomic mass is 9.57. The van der Waals surface area contributed by atoms with E-state index in [-0.39, 0.29) is 28.3 Å². The van der Waals surface area contributed by atoms with Crippen molar-refractivity contribution in [2.45, 2.75) is 58.8 Å². The summed E-state index contributed by atoms with van der Waals surface area (Å²) in [5.74, 6) is -0.360. The van der Waals surface area contributed by atoms with Crippen molar-refractivity contribution in [2.24, 2.45) is 10.8 Å². The Labute approximate surface area is 170 Å². The number of para-hydroxylation sites is 1. The molecular weight excluding hydrogens is 364 g/mol. The smallest absolute Gasteiger partial charge is 0.244 e. The molecule has 0 saturated heterocycles. The Kier molecular flexibility index (Phi) is 3.46. The van der Waals surface area contributed by atoms with Crippen LogP contribution in [0.2, 0.25) is 0 Å². The van der Waals surface area contributed by atoms with Gasteiger partial charge in [0.15, 0.2) is 11.6 Å². The van der Waals surface area contributed by atoms with Crippen LogP contribution < -0.4 is 10.6 Å². The van der Waals surface area contributed by atoms with Crippen LogP contribution in [0, 0.1) is 10.8 Å². The van der Waals surface area contributed by atoms with Crippen molar-refractivity contribution in [1.82, 2.24) is 5.32 Å². The van der Waals surface area contributed by atoms with E-state index in [9.17, 15) is 14.4 Å². The SMILES string of the molecule is CC1(C)CC(=O)C2=C(C1)NC1=C(C(=O)CC(C)(C)C1)C21C(=O)Nc2ccccc21. The molecule has 1 aromatic rings. The predicted molar refractivity (Wildman–Crippen MR) is 110 cm³/mol. The van der Waals surface area contributed by atoms with Crippen molar-refractivity contribution in [3.05, 3.63) is 52.4 Å². The minimum atomic E-state index is -1.33. The van der Waals surface area contributed by atoms with Crippen LogP contribution in [0.25, 0.3) is 0 Å². The summed E-state index contributed by atoms with van der Waals surface area (Å²) in [6.45, 7) is 8.30. The number of nitrogens with one attached hydrogen (secondary N) is 2. The van der Waals surface area contributed by atoms with Crippen LogP contribution in [-0.2, 0) is 19.8 Å². The molecule has 5 rings (SSSR count). The number of ketones is 2. The van der Waals surface area contributed by atoms with E-state index in [0.717, 1.165) is 17.0 Å². The fraction of sp³-hybridized carbons (Fsp3) is 0.458. The van der Waals surface area contributed by atoms with Crippen LogP contribution in [0.15, 0.2) is 46.8 Å². The van der Waals surface area contributed by atoms with Crippen LogP contribution in [0.3, 0.4) is 0 Å². The number of fused-ring (bicyclic) bond motifs is 4. The fourth-order valence-electron chi connectivity index (χ4n) is 5.79. The molecule has 0 saturated carbocycles. The highest BCUT2D eigenvalue weighted by molar-refractivity contribution is 6.24. The van der Waals surface area contributed by atoms with Gasteiger partial charge in [0.05, 0.1) is 0 Å². The van der Waals surface area contributed by atoms with Gasteiger partial charge in [-0.05, 0) is 29.7 Å². The number of carbonyl (C=O) groups excluding carboxylic acids is 3. The van der Waals surface area contributed by atoms with Crippen molar-refractivity contribution in [3.8, 4) is 0 Å². The lowest BCUT2D eigenvalue weighted by Gasteiger charge is -2.47. The van der Waals surface area contributed by atoms with Crippen LogP contribution in [0.4, 0.5) is 5.69 Å². The Balaban J connectivity index is 1.86. The molecule has 2 N–H and O–H groups in total. The molecule has 0 bridgehead atoms. The number of allylic oxidation sites excluding steroid dienone is 2. The third-order valence-corrected chi connectivity index (χ3v) is 6.72. The van der Waals surface area contributed by atoms with Crippen LogP contribution in [0.1, 0.15) is 58.9 Å². The zero-order valence-electron chi connectivity index (χ0n) is 17.4. The van der Waals surface area contributed by atoms with Crippen LogP contribution >= 0.6 is 0 Å². The second-order valence-corrected chi connectivity index (χ2v) is 10.5. The summed E-state index contributed by atoms with van der Waals surface area (Å²) in [6, 6.07) is 7.46. The predicted octanol–water partition coefficient (Wildman–Crippen LogP) is 3.77. The molecular formula is C24H26N2O3. The molecule has 1 aromatic carbocycles. The molecule has 0 fully saturated rings. The molecule has 4 aliphatic rings. The van der Waals surface area contributed by atoms with Gasteiger partial charge in [-0.15, -0.1) is 0 Å². The minimum absolute atomic E-state index is 0.0419. The van der Waals surface area contributed by atoms with E-state index < -0.39 is 5.41 Å².